The van der Waals surface area contributed by atoms with Crippen molar-refractivity contribution in [1.29, 1.82) is 0 Å². The Kier molecular flexibility index (Phi) is 5.06. The van der Waals surface area contributed by atoms with Gasteiger partial charge in [-0.3, -0.25) is 0 Å². The van der Waals surface area contributed by atoms with Gasteiger partial charge in [-0.05, 0) is 31.7 Å². The molecule has 1 atom stereocenters. The van der Waals surface area contributed by atoms with E-state index in [0.29, 0.717) is 23.3 Å². The van der Waals surface area contributed by atoms with Gasteiger partial charge in [0.15, 0.2) is 0 Å². The number of methoxy groups -OCH3 is 2. The molecule has 0 heterocycles. The van der Waals surface area contributed by atoms with Crippen molar-refractivity contribution in [3.8, 4) is 23.0 Å². The summed E-state index contributed by atoms with van der Waals surface area (Å²) in [6.45, 7) is 2.11. The highest BCUT2D eigenvalue weighted by atomic mass is 16.5. The normalized spacial score (nSPS) is 11.8. The average Bonchev–Trinajstić information content (AvgIpc) is 2.54. The van der Waals surface area contributed by atoms with Gasteiger partial charge in [-0.1, -0.05) is 12.1 Å². The summed E-state index contributed by atoms with van der Waals surface area (Å²) >= 11 is 0. The van der Waals surface area contributed by atoms with E-state index >= 15 is 0 Å². The molecule has 1 unspecified atom stereocenters. The number of benzene rings is 2. The first kappa shape index (κ1) is 15.2. The number of nitrogens with one attached hydrogen (secondary N) is 1. The molecule has 4 nitrogen and oxygen atoms in total. The average molecular weight is 287 g/mol. The highest BCUT2D eigenvalue weighted by Crippen LogP contribution is 2.31. The Balaban J connectivity index is 2.17. The minimum absolute atomic E-state index is 0.316. The van der Waals surface area contributed by atoms with Gasteiger partial charge in [-0.2, -0.15) is 0 Å². The van der Waals surface area contributed by atoms with Crippen molar-refractivity contribution in [2.24, 2.45) is 0 Å². The monoisotopic (exact) mass is 287 g/mol. The van der Waals surface area contributed by atoms with Gasteiger partial charge < -0.3 is 19.5 Å². The van der Waals surface area contributed by atoms with E-state index in [1.165, 1.54) is 5.56 Å². The van der Waals surface area contributed by atoms with E-state index in [1.807, 2.05) is 49.5 Å². The lowest BCUT2D eigenvalue weighted by molar-refractivity contribution is 0.386. The summed E-state index contributed by atoms with van der Waals surface area (Å²) < 4.78 is 16.3. The lowest BCUT2D eigenvalue weighted by Gasteiger charge is -2.12. The second-order valence-electron chi connectivity index (χ2n) is 4.73. The molecule has 0 aliphatic rings. The first-order valence-electron chi connectivity index (χ1n) is 6.84. The molecule has 4 heteroatoms. The second-order valence-corrected chi connectivity index (χ2v) is 4.73. The molecule has 2 aromatic rings. The van der Waals surface area contributed by atoms with Crippen LogP contribution in [-0.4, -0.2) is 21.3 Å². The highest BCUT2D eigenvalue weighted by Gasteiger charge is 2.06. The predicted octanol–water partition coefficient (Wildman–Crippen LogP) is 3.78. The molecule has 0 aromatic heterocycles. The van der Waals surface area contributed by atoms with Gasteiger partial charge in [0.2, 0.25) is 0 Å². The molecule has 1 N–H and O–H groups in total. The molecule has 112 valence electrons. The summed E-state index contributed by atoms with van der Waals surface area (Å²) in [5, 5.41) is 3.21. The van der Waals surface area contributed by atoms with E-state index < -0.39 is 0 Å². The maximum Gasteiger partial charge on any atom is 0.134 e. The van der Waals surface area contributed by atoms with Crippen LogP contribution in [0.4, 0.5) is 0 Å². The molecule has 0 fully saturated rings. The van der Waals surface area contributed by atoms with Crippen molar-refractivity contribution in [3.05, 3.63) is 48.0 Å². The summed E-state index contributed by atoms with van der Waals surface area (Å²) in [5.41, 5.74) is 1.22. The third-order valence-electron chi connectivity index (χ3n) is 3.37. The van der Waals surface area contributed by atoms with E-state index in [2.05, 4.69) is 12.2 Å². The summed E-state index contributed by atoms with van der Waals surface area (Å²) in [5.74, 6) is 2.85. The van der Waals surface area contributed by atoms with Crippen LogP contribution in [-0.2, 0) is 0 Å². The SMILES string of the molecule is CNC(C)c1ccc(Oc2cc(OC)cc(OC)c2)cc1. The first-order chi connectivity index (χ1) is 10.2. The van der Waals surface area contributed by atoms with Crippen molar-refractivity contribution >= 4 is 0 Å². The molecular weight excluding hydrogens is 266 g/mol. The van der Waals surface area contributed by atoms with Gasteiger partial charge in [0.05, 0.1) is 14.2 Å². The van der Waals surface area contributed by atoms with Crippen LogP contribution < -0.4 is 19.5 Å². The maximum absolute atomic E-state index is 5.85. The number of ether oxygens (including phenoxy) is 3. The summed E-state index contributed by atoms with van der Waals surface area (Å²) in [6.07, 6.45) is 0. The summed E-state index contributed by atoms with van der Waals surface area (Å²) in [4.78, 5) is 0. The Bertz CT molecular complexity index is 559. The van der Waals surface area contributed by atoms with Crippen LogP contribution in [0.25, 0.3) is 0 Å². The maximum atomic E-state index is 5.85. The fraction of sp³-hybridized carbons (Fsp3) is 0.294. The Morgan fingerprint density at radius 3 is 1.81 bits per heavy atom. The van der Waals surface area contributed by atoms with Crippen molar-refractivity contribution in [1.82, 2.24) is 5.32 Å². The third kappa shape index (κ3) is 3.89. The van der Waals surface area contributed by atoms with E-state index in [1.54, 1.807) is 14.2 Å². The second kappa shape index (κ2) is 6.99. The smallest absolute Gasteiger partial charge is 0.134 e. The Morgan fingerprint density at radius 2 is 1.33 bits per heavy atom. The van der Waals surface area contributed by atoms with Gasteiger partial charge in [0, 0.05) is 24.2 Å². The van der Waals surface area contributed by atoms with Gasteiger partial charge in [-0.15, -0.1) is 0 Å². The molecule has 0 saturated heterocycles. The molecule has 0 bridgehead atoms. The van der Waals surface area contributed by atoms with Crippen LogP contribution in [0.5, 0.6) is 23.0 Å². The van der Waals surface area contributed by atoms with Crippen LogP contribution >= 0.6 is 0 Å². The fourth-order valence-electron chi connectivity index (χ4n) is 1.97. The van der Waals surface area contributed by atoms with Gasteiger partial charge in [-0.25, -0.2) is 0 Å². The lowest BCUT2D eigenvalue weighted by atomic mass is 10.1. The Labute approximate surface area is 125 Å². The summed E-state index contributed by atoms with van der Waals surface area (Å²) in [7, 11) is 5.18. The predicted molar refractivity (Wildman–Crippen MR) is 83.5 cm³/mol. The molecule has 0 spiro atoms. The van der Waals surface area contributed by atoms with Crippen molar-refractivity contribution < 1.29 is 14.2 Å². The minimum Gasteiger partial charge on any atom is -0.496 e. The molecule has 21 heavy (non-hydrogen) atoms. The fourth-order valence-corrected chi connectivity index (χ4v) is 1.97. The highest BCUT2D eigenvalue weighted by molar-refractivity contribution is 5.44. The lowest BCUT2D eigenvalue weighted by Crippen LogP contribution is -2.11. The van der Waals surface area contributed by atoms with E-state index in [-0.39, 0.29) is 0 Å². The Morgan fingerprint density at radius 1 is 0.810 bits per heavy atom. The Hall–Kier alpha value is -2.20. The van der Waals surface area contributed by atoms with Gasteiger partial charge in [0.1, 0.15) is 23.0 Å². The molecule has 2 rings (SSSR count). The quantitative estimate of drug-likeness (QED) is 0.877. The van der Waals surface area contributed by atoms with E-state index in [4.69, 9.17) is 14.2 Å². The molecule has 0 saturated carbocycles. The number of hydrogen-bond donors (Lipinski definition) is 1. The topological polar surface area (TPSA) is 39.7 Å². The molecule has 0 aliphatic heterocycles. The van der Waals surface area contributed by atoms with Gasteiger partial charge in [0.25, 0.3) is 0 Å². The zero-order valence-corrected chi connectivity index (χ0v) is 12.8. The van der Waals surface area contributed by atoms with Crippen molar-refractivity contribution in [2.75, 3.05) is 21.3 Å². The van der Waals surface area contributed by atoms with Gasteiger partial charge >= 0.3 is 0 Å². The number of hydrogen-bond acceptors (Lipinski definition) is 4. The van der Waals surface area contributed by atoms with Crippen molar-refractivity contribution in [3.63, 3.8) is 0 Å². The van der Waals surface area contributed by atoms with Crippen LogP contribution in [0.15, 0.2) is 42.5 Å². The molecular formula is C17H21NO3. The van der Waals surface area contributed by atoms with Crippen LogP contribution in [0.3, 0.4) is 0 Å². The third-order valence-corrected chi connectivity index (χ3v) is 3.37. The molecule has 2 aromatic carbocycles. The van der Waals surface area contributed by atoms with Crippen LogP contribution in [0, 0.1) is 0 Å². The number of rotatable bonds is 6. The first-order valence-corrected chi connectivity index (χ1v) is 6.84. The van der Waals surface area contributed by atoms with Crippen LogP contribution in [0.1, 0.15) is 18.5 Å². The summed E-state index contributed by atoms with van der Waals surface area (Å²) in [6, 6.07) is 13.8. The van der Waals surface area contributed by atoms with E-state index in [9.17, 15) is 0 Å². The molecule has 0 amide bonds. The zero-order valence-electron chi connectivity index (χ0n) is 12.8. The standard InChI is InChI=1S/C17H21NO3/c1-12(18-2)13-5-7-14(8-6-13)21-17-10-15(19-3)9-16(11-17)20-4/h5-12,18H,1-4H3. The van der Waals surface area contributed by atoms with Crippen LogP contribution in [0.2, 0.25) is 0 Å². The molecule has 0 radical (unpaired) electrons. The largest absolute Gasteiger partial charge is 0.496 e. The molecule has 0 aliphatic carbocycles. The minimum atomic E-state index is 0.316. The van der Waals surface area contributed by atoms with Crippen molar-refractivity contribution in [2.45, 2.75) is 13.0 Å². The van der Waals surface area contributed by atoms with E-state index in [0.717, 1.165) is 5.75 Å². The zero-order chi connectivity index (χ0) is 15.2.